The Kier molecular flexibility index (Phi) is 7.28. The van der Waals surface area contributed by atoms with E-state index in [1.165, 1.54) is 21.1 Å². The number of carbonyl (C=O) groups excluding carboxylic acids is 2. The number of rotatable bonds is 7. The van der Waals surface area contributed by atoms with Crippen molar-refractivity contribution < 1.29 is 18.0 Å². The van der Waals surface area contributed by atoms with Crippen molar-refractivity contribution in [3.05, 3.63) is 57.3 Å². The quantitative estimate of drug-likeness (QED) is 0.621. The first-order valence-electron chi connectivity index (χ1n) is 11.0. The van der Waals surface area contributed by atoms with Crippen molar-refractivity contribution >= 4 is 44.3 Å². The number of nitrogens with one attached hydrogen (secondary N) is 1. The molecule has 0 spiro atoms. The van der Waals surface area contributed by atoms with Crippen LogP contribution in [0.5, 0.6) is 0 Å². The van der Waals surface area contributed by atoms with Crippen LogP contribution < -0.4 is 11.1 Å². The lowest BCUT2D eigenvalue weighted by Crippen LogP contribution is -2.49. The lowest BCUT2D eigenvalue weighted by molar-refractivity contribution is -0.117. The lowest BCUT2D eigenvalue weighted by atomic mass is 9.95. The van der Waals surface area contributed by atoms with Gasteiger partial charge in [-0.3, -0.25) is 14.5 Å². The zero-order valence-corrected chi connectivity index (χ0v) is 20.0. The molecule has 1 saturated heterocycles. The normalized spacial score (nSPS) is 17.7. The zero-order valence-electron chi connectivity index (χ0n) is 18.3. The molecule has 0 radical (unpaired) electrons. The number of amides is 2. The molecule has 176 valence electrons. The van der Waals surface area contributed by atoms with Crippen LogP contribution in [0.4, 0.5) is 5.00 Å². The van der Waals surface area contributed by atoms with Gasteiger partial charge in [0.05, 0.1) is 12.1 Å². The number of primary amides is 1. The molecule has 0 saturated carbocycles. The van der Waals surface area contributed by atoms with E-state index in [0.29, 0.717) is 36.7 Å². The predicted molar refractivity (Wildman–Crippen MR) is 131 cm³/mol. The van der Waals surface area contributed by atoms with Crippen LogP contribution in [-0.2, 0) is 27.7 Å². The van der Waals surface area contributed by atoms with Crippen molar-refractivity contribution in [1.29, 1.82) is 0 Å². The highest BCUT2D eigenvalue weighted by Gasteiger charge is 2.28. The number of thiophene rings is 1. The molecule has 4 rings (SSSR count). The summed E-state index contributed by atoms with van der Waals surface area (Å²) in [7, 11) is -3.52. The van der Waals surface area contributed by atoms with Crippen LogP contribution in [0.1, 0.15) is 39.2 Å². The molecule has 0 bridgehead atoms. The van der Waals surface area contributed by atoms with Crippen LogP contribution in [0, 0.1) is 0 Å². The first-order valence-corrected chi connectivity index (χ1v) is 13.4. The number of anilines is 1. The zero-order chi connectivity index (χ0) is 23.4. The van der Waals surface area contributed by atoms with Crippen molar-refractivity contribution in [3.63, 3.8) is 0 Å². The van der Waals surface area contributed by atoms with Gasteiger partial charge in [-0.15, -0.1) is 11.3 Å². The molecule has 2 heterocycles. The fourth-order valence-electron chi connectivity index (χ4n) is 4.24. The van der Waals surface area contributed by atoms with E-state index < -0.39 is 15.9 Å². The van der Waals surface area contributed by atoms with Crippen molar-refractivity contribution in [3.8, 4) is 0 Å². The molecular weight excluding hydrogens is 460 g/mol. The molecule has 1 fully saturated rings. The van der Waals surface area contributed by atoms with Crippen molar-refractivity contribution in [2.75, 3.05) is 38.0 Å². The Balaban J connectivity index is 1.32. The van der Waals surface area contributed by atoms with Gasteiger partial charge in [-0.1, -0.05) is 30.3 Å². The van der Waals surface area contributed by atoms with Crippen molar-refractivity contribution in [2.24, 2.45) is 5.73 Å². The minimum absolute atomic E-state index is 0.133. The van der Waals surface area contributed by atoms with Gasteiger partial charge < -0.3 is 11.1 Å². The third-order valence-corrected chi connectivity index (χ3v) is 8.73. The van der Waals surface area contributed by atoms with E-state index in [9.17, 15) is 18.0 Å². The van der Waals surface area contributed by atoms with Gasteiger partial charge in [0.1, 0.15) is 5.00 Å². The van der Waals surface area contributed by atoms with Crippen molar-refractivity contribution in [1.82, 2.24) is 9.21 Å². The topological polar surface area (TPSA) is 113 Å². The van der Waals surface area contributed by atoms with Gasteiger partial charge >= 0.3 is 0 Å². The second kappa shape index (κ2) is 10.2. The fraction of sp³-hybridized carbons (Fsp3) is 0.391. The molecule has 8 nitrogen and oxygen atoms in total. The number of benzene rings is 1. The number of nitrogens with two attached hydrogens (primary N) is 1. The highest BCUT2D eigenvalue weighted by molar-refractivity contribution is 7.92. The number of sulfonamides is 1. The van der Waals surface area contributed by atoms with Gasteiger partial charge in [-0.25, -0.2) is 8.42 Å². The summed E-state index contributed by atoms with van der Waals surface area (Å²) in [6, 6.07) is 9.27. The molecule has 1 aliphatic carbocycles. The van der Waals surface area contributed by atoms with Crippen LogP contribution in [0.25, 0.3) is 6.08 Å². The number of fused-ring (bicyclic) bond motifs is 1. The summed E-state index contributed by atoms with van der Waals surface area (Å²) in [4.78, 5) is 27.7. The lowest BCUT2D eigenvalue weighted by Gasteiger charge is -2.32. The minimum atomic E-state index is -3.52. The number of hydrogen-bond donors (Lipinski definition) is 2. The van der Waals surface area contributed by atoms with Crippen LogP contribution in [-0.4, -0.2) is 62.2 Å². The first kappa shape index (κ1) is 23.6. The average molecular weight is 489 g/mol. The highest BCUT2D eigenvalue weighted by Crippen LogP contribution is 2.37. The summed E-state index contributed by atoms with van der Waals surface area (Å²) in [5, 5.41) is 4.64. The Morgan fingerprint density at radius 3 is 2.45 bits per heavy atom. The Morgan fingerprint density at radius 2 is 1.76 bits per heavy atom. The Hall–Kier alpha value is -2.53. The van der Waals surface area contributed by atoms with E-state index in [1.54, 1.807) is 6.08 Å². The third-order valence-electron chi connectivity index (χ3n) is 5.96. The molecular formula is C23H28N4O4S2. The summed E-state index contributed by atoms with van der Waals surface area (Å²) in [5.41, 5.74) is 7.85. The summed E-state index contributed by atoms with van der Waals surface area (Å²) < 4.78 is 26.7. The largest absolute Gasteiger partial charge is 0.365 e. The minimum Gasteiger partial charge on any atom is -0.365 e. The van der Waals surface area contributed by atoms with Crippen LogP contribution in [0.3, 0.4) is 0 Å². The number of hydrogen-bond acceptors (Lipinski definition) is 6. The summed E-state index contributed by atoms with van der Waals surface area (Å²) in [6.07, 6.45) is 5.41. The van der Waals surface area contributed by atoms with Gasteiger partial charge in [-0.05, 0) is 42.9 Å². The maximum Gasteiger partial charge on any atom is 0.251 e. The van der Waals surface area contributed by atoms with Gasteiger partial charge in [0.15, 0.2) is 0 Å². The molecule has 1 aliphatic heterocycles. The highest BCUT2D eigenvalue weighted by atomic mass is 32.2. The van der Waals surface area contributed by atoms with E-state index >= 15 is 0 Å². The molecule has 1 aromatic heterocycles. The van der Waals surface area contributed by atoms with E-state index in [2.05, 4.69) is 5.32 Å². The van der Waals surface area contributed by atoms with Crippen LogP contribution in [0.2, 0.25) is 0 Å². The monoisotopic (exact) mass is 488 g/mol. The number of aryl methyl sites for hydroxylation is 1. The second-order valence-electron chi connectivity index (χ2n) is 8.26. The number of piperazine rings is 1. The van der Waals surface area contributed by atoms with Crippen LogP contribution >= 0.6 is 11.3 Å². The van der Waals surface area contributed by atoms with E-state index in [0.717, 1.165) is 41.7 Å². The third kappa shape index (κ3) is 5.70. The molecule has 0 unspecified atom stereocenters. The maximum atomic E-state index is 12.7. The average Bonchev–Trinajstić information content (AvgIpc) is 3.16. The van der Waals surface area contributed by atoms with Gasteiger partial charge in [0.2, 0.25) is 15.9 Å². The van der Waals surface area contributed by atoms with E-state index in [4.69, 9.17) is 5.73 Å². The predicted octanol–water partition coefficient (Wildman–Crippen LogP) is 2.28. The number of nitrogens with zero attached hydrogens (tertiary/aromatic N) is 2. The SMILES string of the molecule is NC(=O)c1c(NC(=O)CN2CCN(S(=O)(=O)/C=C/c3ccccc3)CC2)sc2c1CCCC2. The van der Waals surface area contributed by atoms with Gasteiger partial charge in [-0.2, -0.15) is 4.31 Å². The molecule has 10 heteroatoms. The molecule has 2 aliphatic rings. The second-order valence-corrected chi connectivity index (χ2v) is 11.2. The van der Waals surface area contributed by atoms with E-state index in [-0.39, 0.29) is 12.5 Å². The Morgan fingerprint density at radius 1 is 1.06 bits per heavy atom. The molecule has 33 heavy (non-hydrogen) atoms. The van der Waals surface area contributed by atoms with E-state index in [1.807, 2.05) is 35.2 Å². The Labute approximate surface area is 198 Å². The van der Waals surface area contributed by atoms with Crippen molar-refractivity contribution in [2.45, 2.75) is 25.7 Å². The molecule has 0 atom stereocenters. The smallest absolute Gasteiger partial charge is 0.251 e. The molecule has 2 amide bonds. The molecule has 2 aromatic rings. The van der Waals surface area contributed by atoms with Gasteiger partial charge in [0, 0.05) is 36.5 Å². The Bertz CT molecular complexity index is 1150. The maximum absolute atomic E-state index is 12.7. The summed E-state index contributed by atoms with van der Waals surface area (Å²) in [6.45, 7) is 1.67. The van der Waals surface area contributed by atoms with Gasteiger partial charge in [0.25, 0.3) is 5.91 Å². The number of carbonyl (C=O) groups is 2. The summed E-state index contributed by atoms with van der Waals surface area (Å²) >= 11 is 1.44. The van der Waals surface area contributed by atoms with Crippen LogP contribution in [0.15, 0.2) is 35.7 Å². The summed E-state index contributed by atoms with van der Waals surface area (Å²) in [5.74, 6) is -0.733. The fourth-order valence-corrected chi connectivity index (χ4v) is 6.73. The molecule has 1 aromatic carbocycles. The standard InChI is InChI=1S/C23H28N4O4S2/c24-22(29)21-18-8-4-5-9-19(18)32-23(21)25-20(28)16-26-11-13-27(14-12-26)33(30,31)15-10-17-6-2-1-3-7-17/h1-3,6-7,10,15H,4-5,8-9,11-14,16H2,(H2,24,29)(H,25,28)/b15-10+. The first-order chi connectivity index (χ1) is 15.8. The molecule has 3 N–H and O–H groups in total.